The van der Waals surface area contributed by atoms with Gasteiger partial charge in [-0.05, 0) is 55.3 Å². The highest BCUT2D eigenvalue weighted by Gasteiger charge is 2.08. The topological polar surface area (TPSA) is 71.1 Å². The lowest BCUT2D eigenvalue weighted by atomic mass is 10.1. The Morgan fingerprint density at radius 1 is 0.929 bits per heavy atom. The van der Waals surface area contributed by atoms with Crippen LogP contribution in [0.1, 0.15) is 35.3 Å². The lowest BCUT2D eigenvalue weighted by Gasteiger charge is -2.12. The molecule has 0 unspecified atom stereocenters. The minimum absolute atomic E-state index is 0.122. The second kappa shape index (κ2) is 10.8. The van der Waals surface area contributed by atoms with Crippen molar-refractivity contribution in [3.63, 3.8) is 0 Å². The molecule has 0 amide bonds. The molecule has 0 aliphatic carbocycles. The molecule has 6 heteroatoms. The van der Waals surface area contributed by atoms with Gasteiger partial charge in [-0.25, -0.2) is 9.59 Å². The molecule has 2 aromatic carbocycles. The molecule has 148 valence electrons. The minimum atomic E-state index is -0.469. The number of esters is 2. The lowest BCUT2D eigenvalue weighted by Crippen LogP contribution is -2.03. The summed E-state index contributed by atoms with van der Waals surface area (Å²) in [5.41, 5.74) is 2.02. The average molecular weight is 384 g/mol. The van der Waals surface area contributed by atoms with Crippen molar-refractivity contribution >= 4 is 18.0 Å². The molecular formula is C22H24O6. The highest BCUT2D eigenvalue weighted by molar-refractivity contribution is 5.90. The monoisotopic (exact) mass is 384 g/mol. The smallest absolute Gasteiger partial charge is 0.337 e. The van der Waals surface area contributed by atoms with Gasteiger partial charge in [-0.15, -0.1) is 0 Å². The molecule has 2 rings (SSSR count). The molecule has 0 N–H and O–H groups in total. The van der Waals surface area contributed by atoms with Gasteiger partial charge >= 0.3 is 11.9 Å². The van der Waals surface area contributed by atoms with Crippen LogP contribution in [0.4, 0.5) is 0 Å². The first-order chi connectivity index (χ1) is 13.6. The van der Waals surface area contributed by atoms with Crippen molar-refractivity contribution in [3.05, 3.63) is 65.2 Å². The van der Waals surface area contributed by atoms with E-state index >= 15 is 0 Å². The van der Waals surface area contributed by atoms with E-state index in [1.54, 1.807) is 42.5 Å². The highest BCUT2D eigenvalue weighted by atomic mass is 16.5. The predicted octanol–water partition coefficient (Wildman–Crippen LogP) is 4.03. The number of methoxy groups -OCH3 is 1. The van der Waals surface area contributed by atoms with E-state index in [4.69, 9.17) is 14.2 Å². The normalized spacial score (nSPS) is 10.5. The summed E-state index contributed by atoms with van der Waals surface area (Å²) in [7, 11) is 1.33. The second-order valence-corrected chi connectivity index (χ2v) is 5.70. The Balaban J connectivity index is 1.93. The third kappa shape index (κ3) is 6.16. The average Bonchev–Trinajstić information content (AvgIpc) is 2.72. The maximum absolute atomic E-state index is 12.0. The molecule has 0 fully saturated rings. The molecule has 6 nitrogen and oxygen atoms in total. The van der Waals surface area contributed by atoms with E-state index < -0.39 is 11.9 Å². The first-order valence-electron chi connectivity index (χ1n) is 8.99. The zero-order valence-corrected chi connectivity index (χ0v) is 16.3. The van der Waals surface area contributed by atoms with E-state index in [1.807, 2.05) is 19.9 Å². The van der Waals surface area contributed by atoms with Crippen molar-refractivity contribution in [1.29, 1.82) is 0 Å². The summed E-state index contributed by atoms with van der Waals surface area (Å²) in [4.78, 5) is 23.4. The minimum Gasteiger partial charge on any atom is -0.490 e. The van der Waals surface area contributed by atoms with Crippen molar-refractivity contribution in [3.8, 4) is 11.5 Å². The van der Waals surface area contributed by atoms with Gasteiger partial charge in [-0.1, -0.05) is 18.2 Å². The van der Waals surface area contributed by atoms with E-state index in [1.165, 1.54) is 13.2 Å². The van der Waals surface area contributed by atoms with Crippen molar-refractivity contribution in [2.45, 2.75) is 20.5 Å². The molecule has 2 aromatic rings. The zero-order chi connectivity index (χ0) is 20.4. The molecule has 0 bridgehead atoms. The number of carbonyl (C=O) groups is 2. The molecule has 0 spiro atoms. The van der Waals surface area contributed by atoms with Crippen LogP contribution in [0.3, 0.4) is 0 Å². The molecule has 0 heterocycles. The Labute approximate surface area is 164 Å². The van der Waals surface area contributed by atoms with Gasteiger partial charge in [0.15, 0.2) is 11.5 Å². The number of rotatable bonds is 9. The van der Waals surface area contributed by atoms with Crippen LogP contribution in [0.25, 0.3) is 6.08 Å². The fourth-order valence-electron chi connectivity index (χ4n) is 2.40. The van der Waals surface area contributed by atoms with Gasteiger partial charge in [0, 0.05) is 6.08 Å². The van der Waals surface area contributed by atoms with Gasteiger partial charge in [0.1, 0.15) is 6.61 Å². The summed E-state index contributed by atoms with van der Waals surface area (Å²) < 4.78 is 21.0. The maximum atomic E-state index is 12.0. The van der Waals surface area contributed by atoms with E-state index in [-0.39, 0.29) is 6.61 Å². The molecule has 0 aliphatic rings. The summed E-state index contributed by atoms with van der Waals surface area (Å²) in [5, 5.41) is 0. The zero-order valence-electron chi connectivity index (χ0n) is 16.3. The number of benzene rings is 2. The van der Waals surface area contributed by atoms with Crippen molar-refractivity contribution in [2.75, 3.05) is 20.3 Å². The molecule has 0 saturated heterocycles. The van der Waals surface area contributed by atoms with Crippen LogP contribution >= 0.6 is 0 Å². The number of hydrogen-bond acceptors (Lipinski definition) is 6. The van der Waals surface area contributed by atoms with Crippen molar-refractivity contribution in [2.24, 2.45) is 0 Å². The van der Waals surface area contributed by atoms with E-state index in [2.05, 4.69) is 4.74 Å². The Hall–Kier alpha value is -3.28. The Morgan fingerprint density at radius 3 is 2.25 bits per heavy atom. The number of carbonyl (C=O) groups excluding carboxylic acids is 2. The molecule has 0 aliphatic heterocycles. The predicted molar refractivity (Wildman–Crippen MR) is 105 cm³/mol. The van der Waals surface area contributed by atoms with Gasteiger partial charge in [0.05, 0.1) is 25.9 Å². The fraction of sp³-hybridized carbons (Fsp3) is 0.273. The van der Waals surface area contributed by atoms with E-state index in [9.17, 15) is 9.59 Å². The van der Waals surface area contributed by atoms with Crippen molar-refractivity contribution in [1.82, 2.24) is 0 Å². The number of hydrogen-bond donors (Lipinski definition) is 0. The molecule has 28 heavy (non-hydrogen) atoms. The summed E-state index contributed by atoms with van der Waals surface area (Å²) in [6.45, 7) is 4.98. The van der Waals surface area contributed by atoms with Crippen LogP contribution in [0.5, 0.6) is 11.5 Å². The van der Waals surface area contributed by atoms with Gasteiger partial charge in [-0.3, -0.25) is 0 Å². The van der Waals surface area contributed by atoms with Crippen LogP contribution in [-0.2, 0) is 20.9 Å². The summed E-state index contributed by atoms with van der Waals surface area (Å²) in [6, 6.07) is 12.1. The van der Waals surface area contributed by atoms with Gasteiger partial charge in [-0.2, -0.15) is 0 Å². The maximum Gasteiger partial charge on any atom is 0.337 e. The highest BCUT2D eigenvalue weighted by Crippen LogP contribution is 2.28. The Bertz CT molecular complexity index is 823. The molecule has 0 atom stereocenters. The fourth-order valence-corrected chi connectivity index (χ4v) is 2.40. The second-order valence-electron chi connectivity index (χ2n) is 5.70. The number of ether oxygens (including phenoxy) is 4. The van der Waals surface area contributed by atoms with E-state index in [0.29, 0.717) is 30.3 Å². The third-order valence-corrected chi connectivity index (χ3v) is 3.73. The van der Waals surface area contributed by atoms with Crippen LogP contribution < -0.4 is 9.47 Å². The Morgan fingerprint density at radius 2 is 1.61 bits per heavy atom. The SMILES string of the molecule is CCOc1ccc(COC(=O)/C=C/c2ccc(C(=O)OC)cc2)cc1OCC. The van der Waals surface area contributed by atoms with Crippen LogP contribution in [0.15, 0.2) is 48.5 Å². The van der Waals surface area contributed by atoms with Gasteiger partial charge in [0.25, 0.3) is 0 Å². The molecule has 0 radical (unpaired) electrons. The van der Waals surface area contributed by atoms with Crippen molar-refractivity contribution < 1.29 is 28.5 Å². The van der Waals surface area contributed by atoms with Crippen LogP contribution in [-0.4, -0.2) is 32.3 Å². The standard InChI is InChI=1S/C22H24O6/c1-4-26-19-12-8-17(14-20(19)27-5-2)15-28-21(23)13-9-16-6-10-18(11-7-16)22(24)25-3/h6-14H,4-5,15H2,1-3H3/b13-9+. The Kier molecular flexibility index (Phi) is 8.09. The summed E-state index contributed by atoms with van der Waals surface area (Å²) in [6.07, 6.45) is 2.96. The molecular weight excluding hydrogens is 360 g/mol. The van der Waals surface area contributed by atoms with Gasteiger partial charge < -0.3 is 18.9 Å². The molecule has 0 saturated carbocycles. The van der Waals surface area contributed by atoms with E-state index in [0.717, 1.165) is 11.1 Å². The van der Waals surface area contributed by atoms with Crippen LogP contribution in [0, 0.1) is 0 Å². The summed E-state index contributed by atoms with van der Waals surface area (Å²) in [5.74, 6) is 0.412. The van der Waals surface area contributed by atoms with Gasteiger partial charge in [0.2, 0.25) is 0 Å². The molecule has 0 aromatic heterocycles. The third-order valence-electron chi connectivity index (χ3n) is 3.73. The first kappa shape index (κ1) is 21.0. The van der Waals surface area contributed by atoms with Crippen LogP contribution in [0.2, 0.25) is 0 Å². The quantitative estimate of drug-likeness (QED) is 0.480. The first-order valence-corrected chi connectivity index (χ1v) is 8.99. The lowest BCUT2D eigenvalue weighted by molar-refractivity contribution is -0.138. The summed E-state index contributed by atoms with van der Waals surface area (Å²) >= 11 is 0. The largest absolute Gasteiger partial charge is 0.490 e.